The Balaban J connectivity index is 1.83. The van der Waals surface area contributed by atoms with Crippen molar-refractivity contribution in [1.82, 2.24) is 15.0 Å². The molecular weight excluding hydrogens is 358 g/mol. The van der Waals surface area contributed by atoms with Crippen LogP contribution in [0, 0.1) is 0 Å². The van der Waals surface area contributed by atoms with Gasteiger partial charge in [-0.05, 0) is 25.3 Å². The molecule has 148 valence electrons. The molecule has 0 atom stereocenters. The molecule has 1 aliphatic heterocycles. The van der Waals surface area contributed by atoms with E-state index in [2.05, 4.69) is 14.9 Å². The van der Waals surface area contributed by atoms with Crippen LogP contribution >= 0.6 is 0 Å². The molecule has 1 aliphatic rings. The molecule has 0 amide bonds. The number of hydrogen-bond donors (Lipinski definition) is 1. The fraction of sp³-hybridized carbons (Fsp3) is 0.450. The van der Waals surface area contributed by atoms with Gasteiger partial charge in [-0.25, -0.2) is 4.98 Å². The fourth-order valence-electron chi connectivity index (χ4n) is 3.53. The van der Waals surface area contributed by atoms with Gasteiger partial charge in [0, 0.05) is 37.8 Å². The van der Waals surface area contributed by atoms with Crippen LogP contribution in [0.4, 0.5) is 11.8 Å². The van der Waals surface area contributed by atoms with E-state index in [9.17, 15) is 0 Å². The summed E-state index contributed by atoms with van der Waals surface area (Å²) < 4.78 is 16.4. The van der Waals surface area contributed by atoms with Gasteiger partial charge in [0.25, 0.3) is 0 Å². The van der Waals surface area contributed by atoms with Crippen LogP contribution in [0.15, 0.2) is 18.3 Å². The molecule has 8 heteroatoms. The first-order valence-corrected chi connectivity index (χ1v) is 9.52. The Bertz CT molecular complexity index is 989. The lowest BCUT2D eigenvalue weighted by Crippen LogP contribution is -2.31. The number of anilines is 2. The van der Waals surface area contributed by atoms with Crippen molar-refractivity contribution in [3.05, 3.63) is 18.3 Å². The Morgan fingerprint density at radius 2 is 1.82 bits per heavy atom. The van der Waals surface area contributed by atoms with Gasteiger partial charge in [0.15, 0.2) is 11.5 Å². The molecule has 0 aliphatic carbocycles. The Labute approximate surface area is 163 Å². The van der Waals surface area contributed by atoms with E-state index >= 15 is 0 Å². The number of fused-ring (bicyclic) bond motifs is 3. The number of nitrogens with two attached hydrogens (primary N) is 1. The van der Waals surface area contributed by atoms with Gasteiger partial charge in [-0.3, -0.25) is 4.98 Å². The summed E-state index contributed by atoms with van der Waals surface area (Å²) in [5.74, 6) is 2.36. The number of piperidine rings is 1. The number of rotatable bonds is 6. The van der Waals surface area contributed by atoms with Gasteiger partial charge in [0.1, 0.15) is 12.4 Å². The number of pyridine rings is 1. The predicted molar refractivity (Wildman–Crippen MR) is 109 cm³/mol. The molecule has 0 bridgehead atoms. The second-order valence-corrected chi connectivity index (χ2v) is 6.84. The number of methoxy groups -OCH3 is 2. The molecular formula is C20H25N5O3. The van der Waals surface area contributed by atoms with Gasteiger partial charge < -0.3 is 24.8 Å². The molecule has 1 fully saturated rings. The van der Waals surface area contributed by atoms with E-state index in [1.54, 1.807) is 20.4 Å². The summed E-state index contributed by atoms with van der Waals surface area (Å²) in [5.41, 5.74) is 7.79. The zero-order chi connectivity index (χ0) is 19.5. The Hall–Kier alpha value is -2.87. The number of nitrogen functional groups attached to an aromatic ring is 1. The largest absolute Gasteiger partial charge is 0.493 e. The topological polar surface area (TPSA) is 95.6 Å². The summed E-state index contributed by atoms with van der Waals surface area (Å²) in [6.07, 6.45) is 5.26. The molecule has 1 aromatic carbocycles. The van der Waals surface area contributed by atoms with E-state index in [0.717, 1.165) is 47.7 Å². The van der Waals surface area contributed by atoms with Crippen molar-refractivity contribution < 1.29 is 14.2 Å². The number of benzene rings is 1. The zero-order valence-electron chi connectivity index (χ0n) is 16.3. The summed E-state index contributed by atoms with van der Waals surface area (Å²) in [7, 11) is 3.25. The van der Waals surface area contributed by atoms with Crippen molar-refractivity contribution in [1.29, 1.82) is 0 Å². The molecule has 0 unspecified atom stereocenters. The van der Waals surface area contributed by atoms with Crippen LogP contribution in [-0.4, -0.2) is 55.5 Å². The van der Waals surface area contributed by atoms with E-state index in [1.165, 1.54) is 6.42 Å². The number of aromatic nitrogens is 3. The molecule has 8 nitrogen and oxygen atoms in total. The van der Waals surface area contributed by atoms with E-state index < -0.39 is 0 Å². The smallest absolute Gasteiger partial charge is 0.227 e. The Kier molecular flexibility index (Phi) is 5.29. The fourth-order valence-corrected chi connectivity index (χ4v) is 3.53. The normalized spacial score (nSPS) is 14.6. The van der Waals surface area contributed by atoms with Crippen LogP contribution in [0.25, 0.3) is 21.8 Å². The van der Waals surface area contributed by atoms with Gasteiger partial charge in [-0.1, -0.05) is 0 Å². The van der Waals surface area contributed by atoms with E-state index in [0.29, 0.717) is 36.5 Å². The molecule has 0 spiro atoms. The summed E-state index contributed by atoms with van der Waals surface area (Å²) >= 11 is 0. The van der Waals surface area contributed by atoms with Gasteiger partial charge >= 0.3 is 0 Å². The second kappa shape index (κ2) is 8.02. The van der Waals surface area contributed by atoms with Gasteiger partial charge in [0.05, 0.1) is 30.1 Å². The lowest BCUT2D eigenvalue weighted by Gasteiger charge is -2.27. The second-order valence-electron chi connectivity index (χ2n) is 6.84. The van der Waals surface area contributed by atoms with Crippen LogP contribution in [0.5, 0.6) is 11.5 Å². The maximum atomic E-state index is 6.25. The van der Waals surface area contributed by atoms with Crippen LogP contribution in [0.2, 0.25) is 0 Å². The SMILES string of the molecule is COCCOc1cc2ncc3c(N)nc(N4CCCCC4)nc3c2cc1OC. The van der Waals surface area contributed by atoms with Gasteiger partial charge in [-0.15, -0.1) is 0 Å². The highest BCUT2D eigenvalue weighted by Crippen LogP contribution is 2.35. The van der Waals surface area contributed by atoms with E-state index in [1.807, 2.05) is 12.1 Å². The lowest BCUT2D eigenvalue weighted by atomic mass is 10.1. The highest BCUT2D eigenvalue weighted by atomic mass is 16.5. The molecule has 0 saturated carbocycles. The summed E-state index contributed by atoms with van der Waals surface area (Å²) in [4.78, 5) is 16.1. The van der Waals surface area contributed by atoms with Crippen LogP contribution in [0.3, 0.4) is 0 Å². The van der Waals surface area contributed by atoms with Gasteiger partial charge in [0.2, 0.25) is 5.95 Å². The number of nitrogens with zero attached hydrogens (tertiary/aromatic N) is 4. The monoisotopic (exact) mass is 383 g/mol. The van der Waals surface area contributed by atoms with E-state index in [4.69, 9.17) is 24.9 Å². The van der Waals surface area contributed by atoms with Crippen LogP contribution in [-0.2, 0) is 4.74 Å². The van der Waals surface area contributed by atoms with Crippen LogP contribution in [0.1, 0.15) is 19.3 Å². The summed E-state index contributed by atoms with van der Waals surface area (Å²) in [6.45, 7) is 2.83. The van der Waals surface area contributed by atoms with E-state index in [-0.39, 0.29) is 0 Å². The first kappa shape index (κ1) is 18.5. The summed E-state index contributed by atoms with van der Waals surface area (Å²) in [6, 6.07) is 3.77. The average molecular weight is 383 g/mol. The Morgan fingerprint density at radius 1 is 1.00 bits per heavy atom. The van der Waals surface area contributed by atoms with Crippen molar-refractivity contribution in [3.8, 4) is 11.5 Å². The third-order valence-electron chi connectivity index (χ3n) is 5.02. The Morgan fingerprint density at radius 3 is 2.57 bits per heavy atom. The first-order chi connectivity index (χ1) is 13.7. The molecule has 4 rings (SSSR count). The maximum absolute atomic E-state index is 6.25. The maximum Gasteiger partial charge on any atom is 0.227 e. The molecule has 1 saturated heterocycles. The standard InChI is InChI=1S/C20H25N5O3/c1-26-8-9-28-17-11-15-13(10-16(17)27-2)18-14(12-22-15)19(21)24-20(23-18)25-6-4-3-5-7-25/h10-12H,3-9H2,1-2H3,(H2,21,23,24). The molecule has 2 aromatic heterocycles. The predicted octanol–water partition coefficient (Wildman–Crippen LogP) is 2.78. The van der Waals surface area contributed by atoms with Gasteiger partial charge in [-0.2, -0.15) is 4.98 Å². The molecule has 0 radical (unpaired) electrons. The number of ether oxygens (including phenoxy) is 3. The summed E-state index contributed by atoms with van der Waals surface area (Å²) in [5, 5.41) is 1.60. The van der Waals surface area contributed by atoms with Crippen molar-refractivity contribution in [2.75, 3.05) is 51.2 Å². The van der Waals surface area contributed by atoms with Crippen LogP contribution < -0.4 is 20.1 Å². The average Bonchev–Trinajstić information content (AvgIpc) is 2.73. The number of hydrogen-bond acceptors (Lipinski definition) is 8. The lowest BCUT2D eigenvalue weighted by molar-refractivity contribution is 0.144. The highest BCUT2D eigenvalue weighted by molar-refractivity contribution is 6.07. The minimum absolute atomic E-state index is 0.431. The highest BCUT2D eigenvalue weighted by Gasteiger charge is 2.18. The van der Waals surface area contributed by atoms with Crippen molar-refractivity contribution in [2.45, 2.75) is 19.3 Å². The molecule has 3 heterocycles. The third-order valence-corrected chi connectivity index (χ3v) is 5.02. The molecule has 3 aromatic rings. The molecule has 28 heavy (non-hydrogen) atoms. The van der Waals surface area contributed by atoms with Crippen molar-refractivity contribution in [3.63, 3.8) is 0 Å². The van der Waals surface area contributed by atoms with Crippen molar-refractivity contribution >= 4 is 33.6 Å². The quantitative estimate of drug-likeness (QED) is 0.513. The third kappa shape index (κ3) is 3.47. The zero-order valence-corrected chi connectivity index (χ0v) is 16.3. The minimum Gasteiger partial charge on any atom is -0.493 e. The van der Waals surface area contributed by atoms with Crippen molar-refractivity contribution in [2.24, 2.45) is 0 Å². The minimum atomic E-state index is 0.431. The first-order valence-electron chi connectivity index (χ1n) is 9.52. The molecule has 2 N–H and O–H groups in total.